The number of rotatable bonds is 1. The Labute approximate surface area is 73.2 Å². The molecule has 1 fully saturated rings. The zero-order valence-electron chi connectivity index (χ0n) is 7.31. The molecule has 4 nitrogen and oxygen atoms in total. The average Bonchev–Trinajstić information content (AvgIpc) is 2.20. The van der Waals surface area contributed by atoms with Crippen molar-refractivity contribution in [3.63, 3.8) is 0 Å². The first kappa shape index (κ1) is 11.1. The number of piperidine rings is 1. The van der Waals surface area contributed by atoms with Crippen LogP contribution in [0.1, 0.15) is 19.3 Å². The van der Waals surface area contributed by atoms with E-state index in [1.807, 2.05) is 5.43 Å². The fourth-order valence-corrected chi connectivity index (χ4v) is 0.861. The Bertz CT molecular complexity index is 121. The predicted molar refractivity (Wildman–Crippen MR) is 49.2 cm³/mol. The van der Waals surface area contributed by atoms with Gasteiger partial charge >= 0.3 is 0 Å². The summed E-state index contributed by atoms with van der Waals surface area (Å²) < 4.78 is 0. The highest BCUT2D eigenvalue weighted by Crippen LogP contribution is 1.96. The molecule has 0 atom stereocenters. The van der Waals surface area contributed by atoms with Crippen molar-refractivity contribution in [1.29, 1.82) is 0 Å². The summed E-state index contributed by atoms with van der Waals surface area (Å²) in [5.74, 6) is 4.25. The van der Waals surface area contributed by atoms with Gasteiger partial charge in [0, 0.05) is 0 Å². The quantitative estimate of drug-likeness (QED) is 0.224. The highest BCUT2D eigenvalue weighted by Gasteiger charge is 1.93. The highest BCUT2D eigenvalue weighted by atomic mass is 16.2. The molecule has 0 aromatic rings. The zero-order chi connectivity index (χ0) is 9.23. The van der Waals surface area contributed by atoms with Crippen molar-refractivity contribution in [3.8, 4) is 0 Å². The third-order valence-electron chi connectivity index (χ3n) is 1.53. The van der Waals surface area contributed by atoms with Gasteiger partial charge in [-0.2, -0.15) is 0 Å². The van der Waals surface area contributed by atoms with E-state index in [2.05, 4.69) is 17.7 Å². The Kier molecular flexibility index (Phi) is 7.63. The number of hydrogen-bond acceptors (Lipinski definition) is 3. The molecule has 0 aromatic heterocycles. The number of hydrazine groups is 1. The molecule has 4 heteroatoms. The van der Waals surface area contributed by atoms with E-state index in [0.717, 1.165) is 6.08 Å². The molecule has 4 N–H and O–H groups in total. The van der Waals surface area contributed by atoms with E-state index in [-0.39, 0.29) is 5.91 Å². The molecule has 70 valence electrons. The van der Waals surface area contributed by atoms with Gasteiger partial charge in [-0.3, -0.25) is 10.2 Å². The average molecular weight is 171 g/mol. The first-order chi connectivity index (χ1) is 5.81. The minimum Gasteiger partial charge on any atom is -0.317 e. The van der Waals surface area contributed by atoms with Gasteiger partial charge in [0.2, 0.25) is 0 Å². The molecule has 12 heavy (non-hydrogen) atoms. The number of hydrogen-bond donors (Lipinski definition) is 3. The highest BCUT2D eigenvalue weighted by molar-refractivity contribution is 5.86. The summed E-state index contributed by atoms with van der Waals surface area (Å²) in [4.78, 5) is 9.83. The fraction of sp³-hybridized carbons (Fsp3) is 0.625. The largest absolute Gasteiger partial charge is 0.317 e. The predicted octanol–water partition coefficient (Wildman–Crippen LogP) is -0.0778. The van der Waals surface area contributed by atoms with Crippen molar-refractivity contribution in [2.24, 2.45) is 5.84 Å². The van der Waals surface area contributed by atoms with Crippen LogP contribution in [0.15, 0.2) is 12.7 Å². The standard InChI is InChI=1S/C5H11N.C3H6N2O/c1-2-4-6-5-3-1;1-2-3(6)5-4/h6H,1-5H2;2H,1,4H2,(H,5,6). The monoisotopic (exact) mass is 171 g/mol. The van der Waals surface area contributed by atoms with Crippen LogP contribution < -0.4 is 16.6 Å². The minimum absolute atomic E-state index is 0.366. The van der Waals surface area contributed by atoms with Gasteiger partial charge in [-0.05, 0) is 32.0 Å². The summed E-state index contributed by atoms with van der Waals surface area (Å²) in [6, 6.07) is 0. The molecular formula is C8H17N3O. The molecular weight excluding hydrogens is 154 g/mol. The lowest BCUT2D eigenvalue weighted by Gasteiger charge is -2.08. The van der Waals surface area contributed by atoms with E-state index in [1.54, 1.807) is 0 Å². The summed E-state index contributed by atoms with van der Waals surface area (Å²) in [6.45, 7) is 5.64. The third kappa shape index (κ3) is 7.24. The number of carbonyl (C=O) groups is 1. The summed E-state index contributed by atoms with van der Waals surface area (Å²) in [7, 11) is 0. The van der Waals surface area contributed by atoms with Crippen molar-refractivity contribution in [2.75, 3.05) is 13.1 Å². The smallest absolute Gasteiger partial charge is 0.257 e. The summed E-state index contributed by atoms with van der Waals surface area (Å²) >= 11 is 0. The Morgan fingerprint density at radius 1 is 1.42 bits per heavy atom. The maximum absolute atomic E-state index is 9.83. The molecule has 1 aliphatic heterocycles. The number of nitrogens with two attached hydrogens (primary N) is 1. The normalized spacial score (nSPS) is 15.4. The molecule has 1 aliphatic rings. The molecule has 1 amide bonds. The Balaban J connectivity index is 0.000000202. The van der Waals surface area contributed by atoms with Crippen LogP contribution in [0.3, 0.4) is 0 Å². The van der Waals surface area contributed by atoms with Crippen LogP contribution in [0.2, 0.25) is 0 Å². The van der Waals surface area contributed by atoms with Crippen molar-refractivity contribution in [3.05, 3.63) is 12.7 Å². The van der Waals surface area contributed by atoms with Crippen LogP contribution in [0.4, 0.5) is 0 Å². The van der Waals surface area contributed by atoms with Gasteiger partial charge in [0.1, 0.15) is 0 Å². The first-order valence-corrected chi connectivity index (χ1v) is 4.15. The second-order valence-corrected chi connectivity index (χ2v) is 2.52. The van der Waals surface area contributed by atoms with E-state index in [4.69, 9.17) is 0 Å². The molecule has 0 unspecified atom stereocenters. The molecule has 0 bridgehead atoms. The minimum atomic E-state index is -0.366. The fourth-order valence-electron chi connectivity index (χ4n) is 0.861. The third-order valence-corrected chi connectivity index (χ3v) is 1.53. The Hall–Kier alpha value is -0.870. The van der Waals surface area contributed by atoms with Gasteiger partial charge < -0.3 is 5.32 Å². The second-order valence-electron chi connectivity index (χ2n) is 2.52. The second kappa shape index (κ2) is 8.23. The van der Waals surface area contributed by atoms with E-state index in [9.17, 15) is 4.79 Å². The summed E-state index contributed by atoms with van der Waals surface area (Å²) in [6.07, 6.45) is 5.31. The molecule has 0 aliphatic carbocycles. The van der Waals surface area contributed by atoms with Crippen molar-refractivity contribution in [1.82, 2.24) is 10.7 Å². The molecule has 0 aromatic carbocycles. The van der Waals surface area contributed by atoms with Gasteiger partial charge in [0.05, 0.1) is 0 Å². The molecule has 1 saturated heterocycles. The molecule has 0 saturated carbocycles. The Morgan fingerprint density at radius 3 is 2.08 bits per heavy atom. The number of nitrogens with one attached hydrogen (secondary N) is 2. The van der Waals surface area contributed by atoms with Crippen molar-refractivity contribution in [2.45, 2.75) is 19.3 Å². The van der Waals surface area contributed by atoms with Gasteiger partial charge in [-0.25, -0.2) is 5.84 Å². The van der Waals surface area contributed by atoms with E-state index >= 15 is 0 Å². The summed E-state index contributed by atoms with van der Waals surface area (Å²) in [5.41, 5.74) is 1.86. The van der Waals surface area contributed by atoms with Crippen LogP contribution in [-0.4, -0.2) is 19.0 Å². The van der Waals surface area contributed by atoms with Gasteiger partial charge in [0.15, 0.2) is 0 Å². The van der Waals surface area contributed by atoms with Crippen LogP contribution in [0, 0.1) is 0 Å². The van der Waals surface area contributed by atoms with Crippen molar-refractivity contribution >= 4 is 5.91 Å². The van der Waals surface area contributed by atoms with Crippen LogP contribution in [-0.2, 0) is 4.79 Å². The lowest BCUT2D eigenvalue weighted by atomic mass is 10.2. The molecule has 0 spiro atoms. The lowest BCUT2D eigenvalue weighted by Crippen LogP contribution is -2.27. The van der Waals surface area contributed by atoms with Crippen LogP contribution in [0.25, 0.3) is 0 Å². The van der Waals surface area contributed by atoms with Crippen LogP contribution in [0.5, 0.6) is 0 Å². The van der Waals surface area contributed by atoms with Gasteiger partial charge in [0.25, 0.3) is 5.91 Å². The van der Waals surface area contributed by atoms with Gasteiger partial charge in [-0.15, -0.1) is 0 Å². The SMILES string of the molecule is C1CCNCC1.C=CC(=O)NN. The maximum atomic E-state index is 9.83. The maximum Gasteiger partial charge on any atom is 0.257 e. The van der Waals surface area contributed by atoms with Crippen molar-refractivity contribution < 1.29 is 4.79 Å². The molecule has 1 heterocycles. The Morgan fingerprint density at radius 2 is 2.00 bits per heavy atom. The number of carbonyl (C=O) groups excluding carboxylic acids is 1. The van der Waals surface area contributed by atoms with E-state index in [1.165, 1.54) is 32.4 Å². The summed E-state index contributed by atoms with van der Waals surface area (Å²) in [5, 5.41) is 3.28. The first-order valence-electron chi connectivity index (χ1n) is 4.15. The van der Waals surface area contributed by atoms with E-state index in [0.29, 0.717) is 0 Å². The molecule has 0 radical (unpaired) electrons. The number of amides is 1. The lowest BCUT2D eigenvalue weighted by molar-refractivity contribution is -0.116. The zero-order valence-corrected chi connectivity index (χ0v) is 7.31. The van der Waals surface area contributed by atoms with E-state index < -0.39 is 0 Å². The molecule has 1 rings (SSSR count). The topological polar surface area (TPSA) is 67.2 Å². The van der Waals surface area contributed by atoms with Gasteiger partial charge in [-0.1, -0.05) is 13.0 Å². The van der Waals surface area contributed by atoms with Crippen LogP contribution >= 0.6 is 0 Å².